The number of sulfonamides is 1. The molecule has 0 aromatic heterocycles. The van der Waals surface area contributed by atoms with E-state index in [9.17, 15) is 18.0 Å². The van der Waals surface area contributed by atoms with Crippen molar-refractivity contribution in [1.82, 2.24) is 4.31 Å². The molecule has 0 aliphatic rings. The number of esters is 1. The molecule has 0 spiro atoms. The Morgan fingerprint density at radius 1 is 0.872 bits per heavy atom. The average molecular weight is 555 g/mol. The van der Waals surface area contributed by atoms with Crippen LogP contribution in [0.4, 0.5) is 5.69 Å². The third kappa shape index (κ3) is 6.96. The zero-order valence-corrected chi connectivity index (χ0v) is 23.8. The van der Waals surface area contributed by atoms with Crippen LogP contribution in [0.15, 0.2) is 59.5 Å². The minimum atomic E-state index is -4.06. The van der Waals surface area contributed by atoms with Crippen molar-refractivity contribution in [2.24, 2.45) is 0 Å². The molecule has 3 aromatic carbocycles. The number of carbonyl (C=O) groups excluding carboxylic acids is 2. The predicted octanol–water partition coefficient (Wildman–Crippen LogP) is 4.29. The summed E-state index contributed by atoms with van der Waals surface area (Å²) in [6.45, 7) is 4.99. The first-order valence-electron chi connectivity index (χ1n) is 12.3. The number of hydrogen-bond acceptors (Lipinski definition) is 7. The lowest BCUT2D eigenvalue weighted by atomic mass is 10.1. The van der Waals surface area contributed by atoms with Crippen molar-refractivity contribution >= 4 is 27.6 Å². The van der Waals surface area contributed by atoms with Crippen LogP contribution < -0.4 is 14.8 Å². The summed E-state index contributed by atoms with van der Waals surface area (Å²) in [4.78, 5) is 25.9. The fraction of sp³-hybridized carbons (Fsp3) is 0.310. The van der Waals surface area contributed by atoms with Crippen molar-refractivity contribution in [2.75, 3.05) is 39.7 Å². The van der Waals surface area contributed by atoms with Gasteiger partial charge in [0.05, 0.1) is 44.0 Å². The summed E-state index contributed by atoms with van der Waals surface area (Å²) < 4.78 is 44.5. The standard InChI is InChI=1S/C29H34N2O7S/c1-19-14-20(2)28(21(3)15-19)39(34,35)31(13-12-22-10-8-7-9-11-22)18-27(32)30-24-17-26(37-5)25(36-4)16-23(24)29(33)38-6/h7-11,14-17H,12-13,18H2,1-6H3,(H,30,32). The minimum Gasteiger partial charge on any atom is -0.493 e. The van der Waals surface area contributed by atoms with Gasteiger partial charge in [0.25, 0.3) is 0 Å². The maximum Gasteiger partial charge on any atom is 0.340 e. The topological polar surface area (TPSA) is 111 Å². The van der Waals surface area contributed by atoms with Gasteiger partial charge >= 0.3 is 5.97 Å². The van der Waals surface area contributed by atoms with Crippen molar-refractivity contribution in [2.45, 2.75) is 32.1 Å². The molecule has 0 aliphatic carbocycles. The van der Waals surface area contributed by atoms with E-state index in [4.69, 9.17) is 14.2 Å². The summed E-state index contributed by atoms with van der Waals surface area (Å²) in [6.07, 6.45) is 0.404. The summed E-state index contributed by atoms with van der Waals surface area (Å²) in [5.41, 5.74) is 3.22. The number of nitrogens with one attached hydrogen (secondary N) is 1. The van der Waals surface area contributed by atoms with Crippen LogP contribution in [-0.2, 0) is 26.0 Å². The smallest absolute Gasteiger partial charge is 0.340 e. The molecule has 208 valence electrons. The van der Waals surface area contributed by atoms with E-state index in [-0.39, 0.29) is 34.2 Å². The number of ether oxygens (including phenoxy) is 3. The summed E-state index contributed by atoms with van der Waals surface area (Å²) in [6, 6.07) is 15.9. The molecule has 0 atom stereocenters. The fourth-order valence-corrected chi connectivity index (χ4v) is 6.31. The van der Waals surface area contributed by atoms with Gasteiger partial charge in [-0.25, -0.2) is 13.2 Å². The van der Waals surface area contributed by atoms with E-state index in [1.165, 1.54) is 37.8 Å². The Hall–Kier alpha value is -3.89. The molecule has 0 bridgehead atoms. The lowest BCUT2D eigenvalue weighted by Crippen LogP contribution is -2.40. The van der Waals surface area contributed by atoms with Crippen molar-refractivity contribution < 1.29 is 32.2 Å². The number of nitrogens with zero attached hydrogens (tertiary/aromatic N) is 1. The molecule has 0 unspecified atom stereocenters. The highest BCUT2D eigenvalue weighted by Gasteiger charge is 2.30. The molecular formula is C29H34N2O7S. The highest BCUT2D eigenvalue weighted by molar-refractivity contribution is 7.89. The minimum absolute atomic E-state index is 0.0346. The van der Waals surface area contributed by atoms with E-state index in [0.29, 0.717) is 17.5 Å². The van der Waals surface area contributed by atoms with Crippen molar-refractivity contribution in [3.05, 3.63) is 82.4 Å². The summed E-state index contributed by atoms with van der Waals surface area (Å²) in [5.74, 6) is -0.787. The Morgan fingerprint density at radius 2 is 1.46 bits per heavy atom. The van der Waals surface area contributed by atoms with Gasteiger partial charge in [-0.2, -0.15) is 4.31 Å². The van der Waals surface area contributed by atoms with Gasteiger partial charge in [-0.3, -0.25) is 4.79 Å². The monoisotopic (exact) mass is 554 g/mol. The van der Waals surface area contributed by atoms with Gasteiger partial charge in [0, 0.05) is 18.7 Å². The van der Waals surface area contributed by atoms with Gasteiger partial charge in [-0.1, -0.05) is 48.0 Å². The normalized spacial score (nSPS) is 11.3. The molecule has 0 saturated heterocycles. The second-order valence-electron chi connectivity index (χ2n) is 9.09. The maximum atomic E-state index is 13.9. The third-order valence-corrected chi connectivity index (χ3v) is 8.37. The van der Waals surface area contributed by atoms with Gasteiger partial charge in [0.1, 0.15) is 0 Å². The highest BCUT2D eigenvalue weighted by Crippen LogP contribution is 2.34. The van der Waals surface area contributed by atoms with Gasteiger partial charge in [-0.15, -0.1) is 0 Å². The Morgan fingerprint density at radius 3 is 2.03 bits per heavy atom. The predicted molar refractivity (Wildman–Crippen MR) is 149 cm³/mol. The molecule has 0 aliphatic heterocycles. The summed E-state index contributed by atoms with van der Waals surface area (Å²) in [7, 11) is 0.00231. The number of anilines is 1. The summed E-state index contributed by atoms with van der Waals surface area (Å²) in [5, 5.41) is 2.66. The average Bonchev–Trinajstić information content (AvgIpc) is 2.89. The van der Waals surface area contributed by atoms with E-state index < -0.39 is 28.4 Å². The molecule has 39 heavy (non-hydrogen) atoms. The molecular weight excluding hydrogens is 520 g/mol. The Labute approximate surface area is 229 Å². The zero-order chi connectivity index (χ0) is 28.7. The molecule has 9 nitrogen and oxygen atoms in total. The molecule has 10 heteroatoms. The summed E-state index contributed by atoms with van der Waals surface area (Å²) >= 11 is 0. The molecule has 3 rings (SSSR count). The third-order valence-electron chi connectivity index (χ3n) is 6.22. The number of benzene rings is 3. The van der Waals surface area contributed by atoms with Crippen molar-refractivity contribution in [3.63, 3.8) is 0 Å². The van der Waals surface area contributed by atoms with Gasteiger partial charge in [0.15, 0.2) is 11.5 Å². The van der Waals surface area contributed by atoms with Crippen LogP contribution in [-0.4, -0.2) is 59.0 Å². The van der Waals surface area contributed by atoms with Crippen molar-refractivity contribution in [3.8, 4) is 11.5 Å². The van der Waals surface area contributed by atoms with E-state index in [2.05, 4.69) is 5.32 Å². The largest absolute Gasteiger partial charge is 0.493 e. The molecule has 3 aromatic rings. The zero-order valence-electron chi connectivity index (χ0n) is 23.0. The van der Waals surface area contributed by atoms with E-state index in [0.717, 1.165) is 11.1 Å². The lowest BCUT2D eigenvalue weighted by Gasteiger charge is -2.24. The first-order chi connectivity index (χ1) is 18.5. The molecule has 0 saturated carbocycles. The Kier molecular flexibility index (Phi) is 9.71. The number of rotatable bonds is 11. The van der Waals surface area contributed by atoms with Crippen LogP contribution in [0.25, 0.3) is 0 Å². The molecule has 1 amide bonds. The molecule has 0 heterocycles. The van der Waals surface area contributed by atoms with Crippen molar-refractivity contribution in [1.29, 1.82) is 0 Å². The lowest BCUT2D eigenvalue weighted by molar-refractivity contribution is -0.116. The number of methoxy groups -OCH3 is 3. The van der Waals surface area contributed by atoms with Crippen LogP contribution in [0.3, 0.4) is 0 Å². The van der Waals surface area contributed by atoms with Crippen LogP contribution in [0, 0.1) is 20.8 Å². The first-order valence-corrected chi connectivity index (χ1v) is 13.7. The molecule has 0 fully saturated rings. The molecule has 1 N–H and O–H groups in total. The number of hydrogen-bond donors (Lipinski definition) is 1. The van der Waals surface area contributed by atoms with Gasteiger partial charge in [-0.05, 0) is 43.9 Å². The second-order valence-corrected chi connectivity index (χ2v) is 11.0. The van der Waals surface area contributed by atoms with Crippen LogP contribution in [0.5, 0.6) is 11.5 Å². The van der Waals surface area contributed by atoms with Gasteiger partial charge < -0.3 is 19.5 Å². The Balaban J connectivity index is 1.98. The number of aryl methyl sites for hydroxylation is 3. The van der Waals surface area contributed by atoms with E-state index >= 15 is 0 Å². The van der Waals surface area contributed by atoms with Gasteiger partial charge in [0.2, 0.25) is 15.9 Å². The van der Waals surface area contributed by atoms with Crippen LogP contribution >= 0.6 is 0 Å². The second kappa shape index (κ2) is 12.8. The molecule has 0 radical (unpaired) electrons. The first kappa shape index (κ1) is 29.7. The van der Waals surface area contributed by atoms with E-state index in [1.54, 1.807) is 13.8 Å². The highest BCUT2D eigenvalue weighted by atomic mass is 32.2. The van der Waals surface area contributed by atoms with Crippen LogP contribution in [0.1, 0.15) is 32.6 Å². The maximum absolute atomic E-state index is 13.9. The number of amides is 1. The number of carbonyl (C=O) groups is 2. The quantitative estimate of drug-likeness (QED) is 0.352. The van der Waals surface area contributed by atoms with Crippen LogP contribution in [0.2, 0.25) is 0 Å². The SMILES string of the molecule is COC(=O)c1cc(OC)c(OC)cc1NC(=O)CN(CCc1ccccc1)S(=O)(=O)c1c(C)cc(C)cc1C. The fourth-order valence-electron chi connectivity index (χ4n) is 4.50. The van der Waals surface area contributed by atoms with E-state index in [1.807, 2.05) is 49.4 Å². The Bertz CT molecular complexity index is 1430.